The van der Waals surface area contributed by atoms with E-state index >= 15 is 0 Å². The molecule has 2 bridgehead atoms. The molecule has 2 aliphatic carbocycles. The smallest absolute Gasteiger partial charge is 0.240 e. The number of carbonyl (C=O) groups excluding carboxylic acids is 2. The van der Waals surface area contributed by atoms with Crippen molar-refractivity contribution in [3.63, 3.8) is 0 Å². The fraction of sp³-hybridized carbons (Fsp3) is 0.333. The van der Waals surface area contributed by atoms with Gasteiger partial charge >= 0.3 is 0 Å². The maximum Gasteiger partial charge on any atom is 0.240 e. The minimum atomic E-state index is -1.97. The van der Waals surface area contributed by atoms with Gasteiger partial charge in [0.15, 0.2) is 4.33 Å². The number of alkyl halides is 4. The lowest BCUT2D eigenvalue weighted by Crippen LogP contribution is -2.50. The number of carbonyl (C=O) groups is 2. The highest BCUT2D eigenvalue weighted by molar-refractivity contribution is 6.67. The topological polar surface area (TPSA) is 37.4 Å². The summed E-state index contributed by atoms with van der Waals surface area (Å²) < 4.78 is -1.97. The van der Waals surface area contributed by atoms with Gasteiger partial charge in [-0.2, -0.15) is 0 Å². The molecule has 0 unspecified atom stereocenters. The number of rotatable bonds is 1. The van der Waals surface area contributed by atoms with E-state index in [9.17, 15) is 9.59 Å². The first kappa shape index (κ1) is 19.7. The Balaban J connectivity index is 1.94. The van der Waals surface area contributed by atoms with Crippen LogP contribution < -0.4 is 4.90 Å². The van der Waals surface area contributed by atoms with E-state index in [1.807, 2.05) is 0 Å². The third-order valence-electron chi connectivity index (χ3n) is 5.08. The van der Waals surface area contributed by atoms with E-state index in [1.165, 1.54) is 12.1 Å². The highest BCUT2D eigenvalue weighted by Crippen LogP contribution is 2.77. The number of anilines is 1. The molecule has 1 saturated heterocycles. The van der Waals surface area contributed by atoms with Gasteiger partial charge in [-0.15, -0.1) is 23.2 Å². The van der Waals surface area contributed by atoms with Crippen LogP contribution >= 0.6 is 92.8 Å². The number of amides is 2. The maximum atomic E-state index is 13.2. The number of nitrogens with zero attached hydrogens (tertiary/aromatic N) is 1. The Hall–Kier alpha value is 0.420. The molecule has 1 saturated carbocycles. The van der Waals surface area contributed by atoms with E-state index in [-0.39, 0.29) is 25.8 Å². The molecule has 3 nitrogen and oxygen atoms in total. The average Bonchev–Trinajstić information content (AvgIpc) is 2.95. The molecule has 4 rings (SSSR count). The molecule has 3 aliphatic rings. The van der Waals surface area contributed by atoms with Crippen molar-refractivity contribution in [2.45, 2.75) is 14.1 Å². The largest absolute Gasteiger partial charge is 0.274 e. The Kier molecular flexibility index (Phi) is 4.35. The van der Waals surface area contributed by atoms with Crippen molar-refractivity contribution in [1.82, 2.24) is 0 Å². The number of benzene rings is 1. The van der Waals surface area contributed by atoms with Crippen LogP contribution in [0.4, 0.5) is 5.69 Å². The lowest BCUT2D eigenvalue weighted by atomic mass is 9.84. The molecular formula is C15H5Cl8NO2. The number of hydrogen-bond donors (Lipinski definition) is 0. The summed E-state index contributed by atoms with van der Waals surface area (Å²) in [4.78, 5) is 23.5. The van der Waals surface area contributed by atoms with Gasteiger partial charge in [-0.1, -0.05) is 75.7 Å². The van der Waals surface area contributed by atoms with Crippen LogP contribution in [0, 0.1) is 11.8 Å². The second kappa shape index (κ2) is 5.73. The second-order valence-electron chi connectivity index (χ2n) is 6.17. The lowest BCUT2D eigenvalue weighted by molar-refractivity contribution is -0.123. The molecule has 1 heterocycles. The number of allylic oxidation sites excluding steroid dienone is 2. The monoisotopic (exact) mass is 511 g/mol. The van der Waals surface area contributed by atoms with Crippen LogP contribution in [0.25, 0.3) is 0 Å². The molecule has 0 spiro atoms. The Morgan fingerprint density at radius 2 is 1.27 bits per heavy atom. The second-order valence-corrected chi connectivity index (χ2v) is 10.2. The summed E-state index contributed by atoms with van der Waals surface area (Å²) in [6, 6.07) is 4.54. The summed E-state index contributed by atoms with van der Waals surface area (Å²) in [6.07, 6.45) is 0. The normalized spacial score (nSPS) is 37.8. The highest BCUT2D eigenvalue weighted by atomic mass is 35.5. The van der Waals surface area contributed by atoms with Gasteiger partial charge in [0.05, 0.1) is 37.6 Å². The van der Waals surface area contributed by atoms with E-state index in [1.54, 1.807) is 6.07 Å². The minimum Gasteiger partial charge on any atom is -0.274 e. The van der Waals surface area contributed by atoms with E-state index in [0.29, 0.717) is 0 Å². The summed E-state index contributed by atoms with van der Waals surface area (Å²) in [6.45, 7) is 0. The molecule has 0 N–H and O–H groups in total. The maximum absolute atomic E-state index is 13.2. The zero-order valence-corrected chi connectivity index (χ0v) is 18.2. The SMILES string of the molecule is O=C1[C@@H]2[C@H](C(=O)N1c1cccc(Cl)c1Cl)[C@]1(Cl)C(Cl)=C(Cl)[C@]2(Cl)C1(Cl)Cl. The van der Waals surface area contributed by atoms with E-state index in [2.05, 4.69) is 0 Å². The predicted octanol–water partition coefficient (Wildman–Crippen LogP) is 5.94. The third kappa shape index (κ3) is 1.88. The Morgan fingerprint density at radius 3 is 1.73 bits per heavy atom. The molecule has 1 aliphatic heterocycles. The fourth-order valence-electron chi connectivity index (χ4n) is 3.90. The molecule has 4 atom stereocenters. The summed E-state index contributed by atoms with van der Waals surface area (Å²) in [7, 11) is 0. The van der Waals surface area contributed by atoms with E-state index < -0.39 is 37.7 Å². The molecule has 138 valence electrons. The highest BCUT2D eigenvalue weighted by Gasteiger charge is 2.87. The van der Waals surface area contributed by atoms with Crippen LogP contribution in [0.2, 0.25) is 10.0 Å². The molecule has 2 amide bonds. The van der Waals surface area contributed by atoms with Crippen LogP contribution in [0.5, 0.6) is 0 Å². The third-order valence-corrected chi connectivity index (χ3v) is 10.1. The molecule has 2 fully saturated rings. The molecule has 11 heteroatoms. The number of hydrogen-bond acceptors (Lipinski definition) is 2. The Morgan fingerprint density at radius 1 is 0.808 bits per heavy atom. The van der Waals surface area contributed by atoms with Crippen LogP contribution in [0.15, 0.2) is 28.3 Å². The molecule has 26 heavy (non-hydrogen) atoms. The van der Waals surface area contributed by atoms with Crippen molar-refractivity contribution in [3.8, 4) is 0 Å². The van der Waals surface area contributed by atoms with Crippen molar-refractivity contribution in [2.24, 2.45) is 11.8 Å². The Labute approximate surface area is 188 Å². The van der Waals surface area contributed by atoms with Crippen molar-refractivity contribution >= 4 is 110 Å². The zero-order valence-electron chi connectivity index (χ0n) is 12.2. The fourth-order valence-corrected chi connectivity index (χ4v) is 7.21. The zero-order chi connectivity index (χ0) is 19.4. The van der Waals surface area contributed by atoms with Gasteiger partial charge in [0.2, 0.25) is 11.8 Å². The first-order valence-electron chi connectivity index (χ1n) is 7.07. The van der Waals surface area contributed by atoms with Gasteiger partial charge < -0.3 is 0 Å². The predicted molar refractivity (Wildman–Crippen MR) is 106 cm³/mol. The minimum absolute atomic E-state index is 0.0311. The molecule has 1 aromatic rings. The van der Waals surface area contributed by atoms with Crippen molar-refractivity contribution in [2.75, 3.05) is 4.90 Å². The summed E-state index contributed by atoms with van der Waals surface area (Å²) in [5.41, 5.74) is 0.102. The van der Waals surface area contributed by atoms with E-state index in [0.717, 1.165) is 4.90 Å². The summed E-state index contributed by atoms with van der Waals surface area (Å²) in [5, 5.41) is -0.0997. The summed E-state index contributed by atoms with van der Waals surface area (Å²) >= 11 is 50.7. The van der Waals surface area contributed by atoms with Crippen molar-refractivity contribution < 1.29 is 9.59 Å². The van der Waals surface area contributed by atoms with Gasteiger partial charge in [-0.05, 0) is 12.1 Å². The number of imide groups is 1. The molecule has 1 aromatic carbocycles. The van der Waals surface area contributed by atoms with Gasteiger partial charge in [-0.25, -0.2) is 4.90 Å². The molecular weight excluding hydrogens is 510 g/mol. The lowest BCUT2D eigenvalue weighted by Gasteiger charge is -2.34. The van der Waals surface area contributed by atoms with Gasteiger partial charge in [0.1, 0.15) is 9.75 Å². The number of fused-ring (bicyclic) bond motifs is 5. The van der Waals surface area contributed by atoms with Gasteiger partial charge in [-0.3, -0.25) is 9.59 Å². The van der Waals surface area contributed by atoms with Crippen molar-refractivity contribution in [3.05, 3.63) is 38.3 Å². The summed E-state index contributed by atoms with van der Waals surface area (Å²) in [5.74, 6) is -3.80. The first-order chi connectivity index (χ1) is 11.9. The standard InChI is InChI=1S/C15H5Cl8NO2/c16-4-2-1-3-5(8(4)17)24-11(25)6-7(12(24)26)14(21)10(19)9(18)13(6,20)15(14,22)23/h1-3,6-7H/t6-,7+,13-,14-/m0/s1. The number of halogens is 8. The van der Waals surface area contributed by atoms with Gasteiger partial charge in [0, 0.05) is 0 Å². The van der Waals surface area contributed by atoms with Crippen molar-refractivity contribution in [1.29, 1.82) is 0 Å². The molecule has 0 aromatic heterocycles. The van der Waals surface area contributed by atoms with Crippen LogP contribution in [-0.4, -0.2) is 25.9 Å². The van der Waals surface area contributed by atoms with Gasteiger partial charge in [0.25, 0.3) is 0 Å². The van der Waals surface area contributed by atoms with Crippen LogP contribution in [0.1, 0.15) is 0 Å². The van der Waals surface area contributed by atoms with E-state index in [4.69, 9.17) is 92.8 Å². The van der Waals surface area contributed by atoms with Crippen LogP contribution in [0.3, 0.4) is 0 Å². The van der Waals surface area contributed by atoms with Crippen LogP contribution in [-0.2, 0) is 9.59 Å². The quantitative estimate of drug-likeness (QED) is 0.343. The Bertz CT molecular complexity index is 884. The molecule has 0 radical (unpaired) electrons. The first-order valence-corrected chi connectivity index (χ1v) is 10.1. The average molecular weight is 515 g/mol.